The van der Waals surface area contributed by atoms with Gasteiger partial charge < -0.3 is 4.57 Å². The van der Waals surface area contributed by atoms with Gasteiger partial charge in [0.1, 0.15) is 17.1 Å². The van der Waals surface area contributed by atoms with Crippen molar-refractivity contribution in [3.63, 3.8) is 0 Å². The minimum Gasteiger partial charge on any atom is -0.314 e. The molecule has 2 heterocycles. The van der Waals surface area contributed by atoms with Gasteiger partial charge in [0.25, 0.3) is 0 Å². The number of rotatable bonds is 2. The third kappa shape index (κ3) is 1.95. The Morgan fingerprint density at radius 3 is 2.79 bits per heavy atom. The molecule has 0 spiro atoms. The molecule has 0 bridgehead atoms. The van der Waals surface area contributed by atoms with Crippen molar-refractivity contribution in [1.82, 2.24) is 14.5 Å². The molecule has 3 aromatic rings. The lowest BCUT2D eigenvalue weighted by molar-refractivity contribution is 0.781. The molecule has 0 saturated heterocycles. The van der Waals surface area contributed by atoms with Crippen LogP contribution in [0.2, 0.25) is 0 Å². The maximum absolute atomic E-state index is 9.06. The summed E-state index contributed by atoms with van der Waals surface area (Å²) in [7, 11) is 0. The summed E-state index contributed by atoms with van der Waals surface area (Å²) >= 11 is 1.58. The summed E-state index contributed by atoms with van der Waals surface area (Å²) in [5.41, 5.74) is 1.38. The largest absolute Gasteiger partial charge is 0.314 e. The lowest BCUT2D eigenvalue weighted by Crippen LogP contribution is -2.00. The lowest BCUT2D eigenvalue weighted by atomic mass is 10.3. The molecule has 0 unspecified atom stereocenters. The number of imidazole rings is 1. The van der Waals surface area contributed by atoms with Crippen LogP contribution in [-0.2, 0) is 6.54 Å². The molecule has 1 aromatic carbocycles. The van der Waals surface area contributed by atoms with Crippen LogP contribution in [-0.4, -0.2) is 14.5 Å². The molecule has 0 fully saturated rings. The molecular weight excluding hydrogens is 258 g/mol. The molecule has 0 aliphatic carbocycles. The van der Waals surface area contributed by atoms with Crippen molar-refractivity contribution in [3.8, 4) is 12.1 Å². The molecule has 0 radical (unpaired) electrons. The third-order valence-electron chi connectivity index (χ3n) is 2.69. The van der Waals surface area contributed by atoms with Gasteiger partial charge in [-0.15, -0.1) is 11.3 Å². The first-order chi connectivity index (χ1) is 9.31. The van der Waals surface area contributed by atoms with Crippen LogP contribution in [0.3, 0.4) is 0 Å². The summed E-state index contributed by atoms with van der Waals surface area (Å²) in [6, 6.07) is 11.8. The van der Waals surface area contributed by atoms with Gasteiger partial charge in [-0.2, -0.15) is 10.5 Å². The maximum Gasteiger partial charge on any atom is 0.176 e. The van der Waals surface area contributed by atoms with E-state index < -0.39 is 0 Å². The van der Waals surface area contributed by atoms with Crippen LogP contribution in [0.5, 0.6) is 0 Å². The molecule has 0 amide bonds. The highest BCUT2D eigenvalue weighted by Gasteiger charge is 2.12. The standard InChI is InChI=1S/C13H7N5S/c14-5-10-11(6-15)18(8-16-10)7-13-17-9-3-1-2-4-12(9)19-13/h1-4,8H,7H2. The van der Waals surface area contributed by atoms with E-state index >= 15 is 0 Å². The average molecular weight is 265 g/mol. The highest BCUT2D eigenvalue weighted by molar-refractivity contribution is 7.18. The van der Waals surface area contributed by atoms with Crippen LogP contribution in [0.25, 0.3) is 10.2 Å². The van der Waals surface area contributed by atoms with Crippen LogP contribution in [0.4, 0.5) is 0 Å². The first-order valence-corrected chi connectivity index (χ1v) is 6.33. The van der Waals surface area contributed by atoms with Crippen molar-refractivity contribution in [2.45, 2.75) is 6.54 Å². The molecule has 0 saturated carbocycles. The van der Waals surface area contributed by atoms with Gasteiger partial charge in [0, 0.05) is 0 Å². The van der Waals surface area contributed by atoms with E-state index in [0.717, 1.165) is 15.2 Å². The van der Waals surface area contributed by atoms with E-state index in [4.69, 9.17) is 10.5 Å². The zero-order valence-corrected chi connectivity index (χ0v) is 10.6. The normalized spacial score (nSPS) is 10.2. The SMILES string of the molecule is N#Cc1ncn(Cc2nc3ccccc3s2)c1C#N. The topological polar surface area (TPSA) is 78.3 Å². The van der Waals surface area contributed by atoms with Crippen LogP contribution < -0.4 is 0 Å². The maximum atomic E-state index is 9.06. The number of nitrogens with zero attached hydrogens (tertiary/aromatic N) is 5. The van der Waals surface area contributed by atoms with E-state index in [1.54, 1.807) is 15.9 Å². The predicted octanol–water partition coefficient (Wildman–Crippen LogP) is 2.28. The summed E-state index contributed by atoms with van der Waals surface area (Å²) in [5, 5.41) is 18.8. The van der Waals surface area contributed by atoms with Gasteiger partial charge in [0.05, 0.1) is 23.1 Å². The monoisotopic (exact) mass is 265 g/mol. The number of aromatic nitrogens is 3. The Hall–Kier alpha value is -2.70. The molecule has 0 aliphatic rings. The quantitative estimate of drug-likeness (QED) is 0.712. The number of nitriles is 2. The van der Waals surface area contributed by atoms with E-state index in [-0.39, 0.29) is 11.4 Å². The van der Waals surface area contributed by atoms with Crippen molar-refractivity contribution < 1.29 is 0 Å². The molecular formula is C13H7N5S. The number of hydrogen-bond donors (Lipinski definition) is 0. The van der Waals surface area contributed by atoms with E-state index in [1.165, 1.54) is 6.33 Å². The smallest absolute Gasteiger partial charge is 0.176 e. The summed E-state index contributed by atoms with van der Waals surface area (Å²) in [6.45, 7) is 0.455. The van der Waals surface area contributed by atoms with Crippen molar-refractivity contribution in [3.05, 3.63) is 47.0 Å². The summed E-state index contributed by atoms with van der Waals surface area (Å²) in [6.07, 6.45) is 1.50. The second-order valence-electron chi connectivity index (χ2n) is 3.87. The third-order valence-corrected chi connectivity index (χ3v) is 3.71. The lowest BCUT2D eigenvalue weighted by Gasteiger charge is -1.98. The zero-order chi connectivity index (χ0) is 13.2. The number of hydrogen-bond acceptors (Lipinski definition) is 5. The molecule has 0 aliphatic heterocycles. The highest BCUT2D eigenvalue weighted by atomic mass is 32.1. The van der Waals surface area contributed by atoms with Gasteiger partial charge >= 0.3 is 0 Å². The fourth-order valence-corrected chi connectivity index (χ4v) is 2.80. The highest BCUT2D eigenvalue weighted by Crippen LogP contribution is 2.22. The van der Waals surface area contributed by atoms with Crippen molar-refractivity contribution in [1.29, 1.82) is 10.5 Å². The first kappa shape index (κ1) is 11.4. The van der Waals surface area contributed by atoms with Gasteiger partial charge in [-0.25, -0.2) is 9.97 Å². The van der Waals surface area contributed by atoms with Crippen LogP contribution in [0.15, 0.2) is 30.6 Å². The molecule has 0 N–H and O–H groups in total. The number of fused-ring (bicyclic) bond motifs is 1. The van der Waals surface area contributed by atoms with Gasteiger partial charge in [-0.1, -0.05) is 12.1 Å². The van der Waals surface area contributed by atoms with Crippen LogP contribution in [0.1, 0.15) is 16.4 Å². The van der Waals surface area contributed by atoms with Crippen molar-refractivity contribution >= 4 is 21.6 Å². The first-order valence-electron chi connectivity index (χ1n) is 5.51. The Bertz CT molecular complexity index is 798. The van der Waals surface area contributed by atoms with E-state index in [2.05, 4.69) is 9.97 Å². The van der Waals surface area contributed by atoms with Gasteiger partial charge in [-0.3, -0.25) is 0 Å². The Kier molecular flexibility index (Phi) is 2.71. The van der Waals surface area contributed by atoms with Crippen LogP contribution in [0, 0.1) is 22.7 Å². The number of benzene rings is 1. The number of thiazole rings is 1. The molecule has 5 nitrogen and oxygen atoms in total. The molecule has 2 aromatic heterocycles. The van der Waals surface area contributed by atoms with E-state index in [0.29, 0.717) is 6.54 Å². The minimum absolute atomic E-state index is 0.156. The molecule has 3 rings (SSSR count). The zero-order valence-electron chi connectivity index (χ0n) is 9.74. The minimum atomic E-state index is 0.156. The van der Waals surface area contributed by atoms with Crippen LogP contribution >= 0.6 is 11.3 Å². The Morgan fingerprint density at radius 2 is 2.05 bits per heavy atom. The predicted molar refractivity (Wildman–Crippen MR) is 70.4 cm³/mol. The number of para-hydroxylation sites is 1. The second-order valence-corrected chi connectivity index (χ2v) is 4.98. The van der Waals surface area contributed by atoms with E-state index in [9.17, 15) is 0 Å². The molecule has 19 heavy (non-hydrogen) atoms. The summed E-state index contributed by atoms with van der Waals surface area (Å²) < 4.78 is 2.76. The Balaban J connectivity index is 2.00. The Morgan fingerprint density at radius 1 is 1.21 bits per heavy atom. The summed E-state index contributed by atoms with van der Waals surface area (Å²) in [5.74, 6) is 0. The molecule has 0 atom stereocenters. The van der Waals surface area contributed by atoms with Crippen molar-refractivity contribution in [2.24, 2.45) is 0 Å². The fraction of sp³-hybridized carbons (Fsp3) is 0.0769. The van der Waals surface area contributed by atoms with Gasteiger partial charge in [0.15, 0.2) is 11.4 Å². The second kappa shape index (κ2) is 4.52. The van der Waals surface area contributed by atoms with E-state index in [1.807, 2.05) is 36.4 Å². The Labute approximate surface area is 113 Å². The van der Waals surface area contributed by atoms with Gasteiger partial charge in [0.2, 0.25) is 0 Å². The fourth-order valence-electron chi connectivity index (χ4n) is 1.83. The summed E-state index contributed by atoms with van der Waals surface area (Å²) in [4.78, 5) is 8.41. The van der Waals surface area contributed by atoms with Gasteiger partial charge in [-0.05, 0) is 12.1 Å². The average Bonchev–Trinajstić information content (AvgIpc) is 3.01. The molecule has 90 valence electrons. The van der Waals surface area contributed by atoms with Crippen molar-refractivity contribution in [2.75, 3.05) is 0 Å². The molecule has 6 heteroatoms.